The van der Waals surface area contributed by atoms with Crippen LogP contribution in [-0.2, 0) is 14.4 Å². The Morgan fingerprint density at radius 1 is 0.848 bits per heavy atom. The van der Waals surface area contributed by atoms with E-state index in [1.54, 1.807) is 30.3 Å². The van der Waals surface area contributed by atoms with Crippen molar-refractivity contribution in [1.29, 1.82) is 0 Å². The number of phenols is 2. The normalized spacial score (nSPS) is 22.0. The molecule has 33 heavy (non-hydrogen) atoms. The largest absolute Gasteiger partial charge is 0.504 e. The van der Waals surface area contributed by atoms with Crippen molar-refractivity contribution in [2.75, 3.05) is 9.96 Å². The van der Waals surface area contributed by atoms with Crippen molar-refractivity contribution in [2.45, 2.75) is 12.1 Å². The second kappa shape index (κ2) is 7.61. The molecule has 3 aromatic carbocycles. The number of carbonyl (C=O) groups is 2. The third-order valence-corrected chi connectivity index (χ3v) is 5.79. The molecule has 3 aromatic rings. The number of carbonyl (C=O) groups excluding carboxylic acids is 2. The number of hydrogen-bond donors (Lipinski definition) is 2. The average molecular weight is 447 g/mol. The second-order valence-electron chi connectivity index (χ2n) is 7.69. The number of phenolic OH excluding ortho intramolecular Hbond substituents is 2. The van der Waals surface area contributed by atoms with Crippen molar-refractivity contribution in [1.82, 2.24) is 0 Å². The topological polar surface area (TPSA) is 133 Å². The zero-order valence-electron chi connectivity index (χ0n) is 16.9. The number of nitro groups is 1. The van der Waals surface area contributed by atoms with Crippen molar-refractivity contribution in [3.63, 3.8) is 0 Å². The smallest absolute Gasteiger partial charge is 0.269 e. The Balaban J connectivity index is 1.57. The first-order valence-electron chi connectivity index (χ1n) is 10.0. The molecule has 5 rings (SSSR count). The standard InChI is InChI=1S/C23H17N3O7/c27-17-11-6-13(12-18(17)28)20-19-21(33-25(20)15-4-2-1-3-5-15)23(30)24(22(19)29)14-7-9-16(10-8-14)26(31)32/h1-12,19-21,27-28H/t19-,20+,21+/m0/s1. The van der Waals surface area contributed by atoms with Gasteiger partial charge in [0.25, 0.3) is 11.6 Å². The van der Waals surface area contributed by atoms with Crippen LogP contribution in [0.5, 0.6) is 11.5 Å². The van der Waals surface area contributed by atoms with Crippen molar-refractivity contribution in [2.24, 2.45) is 5.92 Å². The van der Waals surface area contributed by atoms with Crippen molar-refractivity contribution >= 4 is 28.9 Å². The van der Waals surface area contributed by atoms with Crippen LogP contribution in [0.2, 0.25) is 0 Å². The number of benzene rings is 3. The summed E-state index contributed by atoms with van der Waals surface area (Å²) in [4.78, 5) is 44.0. The molecule has 2 fully saturated rings. The van der Waals surface area contributed by atoms with Gasteiger partial charge >= 0.3 is 0 Å². The Morgan fingerprint density at radius 3 is 2.18 bits per heavy atom. The fourth-order valence-corrected chi connectivity index (χ4v) is 4.25. The van der Waals surface area contributed by atoms with Gasteiger partial charge in [0.05, 0.1) is 22.3 Å². The molecule has 2 saturated heterocycles. The van der Waals surface area contributed by atoms with E-state index in [1.807, 2.05) is 6.07 Å². The van der Waals surface area contributed by atoms with Crippen LogP contribution in [0.4, 0.5) is 17.1 Å². The number of para-hydroxylation sites is 1. The molecule has 2 aliphatic heterocycles. The molecule has 0 radical (unpaired) electrons. The number of nitrogens with zero attached hydrogens (tertiary/aromatic N) is 3. The Kier molecular flexibility index (Phi) is 4.72. The van der Waals surface area contributed by atoms with E-state index in [0.29, 0.717) is 11.3 Å². The summed E-state index contributed by atoms with van der Waals surface area (Å²) in [5, 5.41) is 32.2. The monoisotopic (exact) mass is 447 g/mol. The van der Waals surface area contributed by atoms with Crippen molar-refractivity contribution in [3.05, 3.63) is 88.5 Å². The van der Waals surface area contributed by atoms with E-state index < -0.39 is 34.8 Å². The van der Waals surface area contributed by atoms with Crippen molar-refractivity contribution < 1.29 is 29.6 Å². The summed E-state index contributed by atoms with van der Waals surface area (Å²) < 4.78 is 0. The van der Waals surface area contributed by atoms with Crippen LogP contribution in [0.1, 0.15) is 11.6 Å². The molecule has 10 nitrogen and oxygen atoms in total. The highest BCUT2D eigenvalue weighted by molar-refractivity contribution is 6.24. The lowest BCUT2D eigenvalue weighted by molar-refractivity contribution is -0.384. The minimum atomic E-state index is -1.13. The predicted octanol–water partition coefficient (Wildman–Crippen LogP) is 3.06. The van der Waals surface area contributed by atoms with Crippen LogP contribution in [0.3, 0.4) is 0 Å². The van der Waals surface area contributed by atoms with E-state index in [9.17, 15) is 29.9 Å². The number of aromatic hydroxyl groups is 2. The molecular formula is C23H17N3O7. The Labute approximate surface area is 187 Å². The number of rotatable bonds is 4. The first-order chi connectivity index (χ1) is 15.9. The number of imide groups is 1. The molecule has 166 valence electrons. The molecule has 2 aliphatic rings. The average Bonchev–Trinajstić information content (AvgIpc) is 3.32. The zero-order valence-corrected chi connectivity index (χ0v) is 16.9. The first-order valence-corrected chi connectivity index (χ1v) is 10.0. The quantitative estimate of drug-likeness (QED) is 0.270. The molecule has 2 N–H and O–H groups in total. The van der Waals surface area contributed by atoms with Gasteiger partial charge in [-0.3, -0.25) is 24.5 Å². The predicted molar refractivity (Wildman–Crippen MR) is 115 cm³/mol. The highest BCUT2D eigenvalue weighted by Crippen LogP contribution is 2.48. The molecule has 0 spiro atoms. The van der Waals surface area contributed by atoms with E-state index in [4.69, 9.17) is 4.84 Å². The van der Waals surface area contributed by atoms with Gasteiger partial charge in [0.1, 0.15) is 5.92 Å². The highest BCUT2D eigenvalue weighted by Gasteiger charge is 2.60. The summed E-state index contributed by atoms with van der Waals surface area (Å²) in [6.45, 7) is 0. The van der Waals surface area contributed by atoms with Crippen LogP contribution < -0.4 is 9.96 Å². The maximum atomic E-state index is 13.5. The maximum absolute atomic E-state index is 13.5. The van der Waals surface area contributed by atoms with Gasteiger partial charge in [-0.2, -0.15) is 0 Å². The summed E-state index contributed by atoms with van der Waals surface area (Å²) in [5.74, 6) is -2.76. The second-order valence-corrected chi connectivity index (χ2v) is 7.69. The van der Waals surface area contributed by atoms with E-state index in [-0.39, 0.29) is 22.9 Å². The molecule has 2 heterocycles. The Morgan fingerprint density at radius 2 is 1.55 bits per heavy atom. The number of anilines is 2. The van der Waals surface area contributed by atoms with Crippen LogP contribution in [0, 0.1) is 16.0 Å². The number of hydrogen-bond acceptors (Lipinski definition) is 8. The van der Waals surface area contributed by atoms with E-state index in [1.165, 1.54) is 41.5 Å². The first kappa shape index (κ1) is 20.5. The Hall–Kier alpha value is -4.44. The van der Waals surface area contributed by atoms with Gasteiger partial charge in [-0.25, -0.2) is 9.96 Å². The van der Waals surface area contributed by atoms with Gasteiger partial charge in [-0.15, -0.1) is 0 Å². The van der Waals surface area contributed by atoms with Crippen LogP contribution >= 0.6 is 0 Å². The molecule has 0 unspecified atom stereocenters. The van der Waals surface area contributed by atoms with Crippen LogP contribution in [0.15, 0.2) is 72.8 Å². The summed E-state index contributed by atoms with van der Waals surface area (Å²) in [5.41, 5.74) is 1.11. The van der Waals surface area contributed by atoms with Gasteiger partial charge in [0.15, 0.2) is 17.6 Å². The molecule has 3 atom stereocenters. The number of amides is 2. The fourth-order valence-electron chi connectivity index (χ4n) is 4.25. The van der Waals surface area contributed by atoms with E-state index >= 15 is 0 Å². The van der Waals surface area contributed by atoms with Crippen LogP contribution in [0.25, 0.3) is 0 Å². The summed E-state index contributed by atoms with van der Waals surface area (Å²) in [6, 6.07) is 17.4. The molecular weight excluding hydrogens is 430 g/mol. The van der Waals surface area contributed by atoms with E-state index in [0.717, 1.165) is 4.90 Å². The number of fused-ring (bicyclic) bond motifs is 1. The van der Waals surface area contributed by atoms with Gasteiger partial charge in [-0.1, -0.05) is 24.3 Å². The van der Waals surface area contributed by atoms with Gasteiger partial charge in [0.2, 0.25) is 5.91 Å². The number of hydroxylamine groups is 1. The fraction of sp³-hybridized carbons (Fsp3) is 0.130. The van der Waals surface area contributed by atoms with Gasteiger partial charge < -0.3 is 10.2 Å². The van der Waals surface area contributed by atoms with Gasteiger partial charge in [0, 0.05) is 12.1 Å². The molecule has 2 amide bonds. The number of non-ortho nitro benzene ring substituents is 1. The third-order valence-electron chi connectivity index (χ3n) is 5.79. The summed E-state index contributed by atoms with van der Waals surface area (Å²) in [6.07, 6.45) is -1.13. The molecule has 0 saturated carbocycles. The lowest BCUT2D eigenvalue weighted by atomic mass is 9.90. The minimum absolute atomic E-state index is 0.165. The zero-order chi connectivity index (χ0) is 23.3. The summed E-state index contributed by atoms with van der Waals surface area (Å²) in [7, 11) is 0. The minimum Gasteiger partial charge on any atom is -0.504 e. The maximum Gasteiger partial charge on any atom is 0.269 e. The number of nitro benzene ring substituents is 1. The SMILES string of the molecule is O=C1[C@H]2[C@@H](c3ccc(O)c(O)c3)N(c3ccccc3)O[C@H]2C(=O)N1c1ccc([N+](=O)[O-])cc1. The lowest BCUT2D eigenvalue weighted by Crippen LogP contribution is -2.37. The molecule has 0 aliphatic carbocycles. The molecule has 0 aromatic heterocycles. The van der Waals surface area contributed by atoms with E-state index in [2.05, 4.69) is 0 Å². The highest BCUT2D eigenvalue weighted by atomic mass is 16.7. The lowest BCUT2D eigenvalue weighted by Gasteiger charge is -2.28. The molecule has 0 bridgehead atoms. The summed E-state index contributed by atoms with van der Waals surface area (Å²) >= 11 is 0. The molecule has 10 heteroatoms. The Bertz CT molecular complexity index is 1260. The van der Waals surface area contributed by atoms with Crippen LogP contribution in [-0.4, -0.2) is 33.1 Å². The third kappa shape index (κ3) is 3.24. The van der Waals surface area contributed by atoms with Crippen molar-refractivity contribution in [3.8, 4) is 11.5 Å². The van der Waals surface area contributed by atoms with Gasteiger partial charge in [-0.05, 0) is 42.0 Å².